The third-order valence-corrected chi connectivity index (χ3v) is 13.6. The zero-order chi connectivity index (χ0) is 43.9. The molecule has 0 aliphatic heterocycles. The van der Waals surface area contributed by atoms with Crippen molar-refractivity contribution >= 4 is 44.8 Å². The predicted molar refractivity (Wildman–Crippen MR) is 255 cm³/mol. The number of pyridine rings is 2. The molecule has 0 fully saturated rings. The van der Waals surface area contributed by atoms with E-state index in [0.29, 0.717) is 11.5 Å². The Labute approximate surface area is 375 Å². The molecule has 1 radical (unpaired) electrons. The van der Waals surface area contributed by atoms with E-state index in [4.69, 9.17) is 9.10 Å². The first kappa shape index (κ1) is 39.9. The van der Waals surface area contributed by atoms with Crippen molar-refractivity contribution < 1.29 is 24.2 Å². The Morgan fingerprint density at radius 1 is 0.695 bits per heavy atom. The summed E-state index contributed by atoms with van der Waals surface area (Å²) in [4.78, 5) is 9.41. The largest absolute Gasteiger partial charge is 0.305 e. The van der Waals surface area contributed by atoms with Crippen molar-refractivity contribution in [3.8, 4) is 44.8 Å². The van der Waals surface area contributed by atoms with Crippen LogP contribution in [0.3, 0.4) is 0 Å². The van der Waals surface area contributed by atoms with Crippen LogP contribution in [0.5, 0.6) is 0 Å². The van der Waals surface area contributed by atoms with Gasteiger partial charge in [0.15, 0.2) is 0 Å². The first-order valence-corrected chi connectivity index (χ1v) is 24.6. The van der Waals surface area contributed by atoms with E-state index in [1.165, 1.54) is 42.9 Å². The number of rotatable bonds is 8. The first-order valence-electron chi connectivity index (χ1n) is 21.8. The summed E-state index contributed by atoms with van der Waals surface area (Å²) in [5, 5.41) is 3.70. The summed E-state index contributed by atoms with van der Waals surface area (Å²) in [5.74, 6) is -0.242. The fraction of sp³-hybridized carbons (Fsp3) is 0.259. The number of hydrogen-bond donors (Lipinski definition) is 0. The van der Waals surface area contributed by atoms with Gasteiger partial charge in [-0.05, 0) is 73.0 Å². The molecule has 8 aromatic rings. The Morgan fingerprint density at radius 2 is 1.36 bits per heavy atom. The minimum atomic E-state index is -1.57. The van der Waals surface area contributed by atoms with Gasteiger partial charge >= 0.3 is 0 Å². The number of hydrogen-bond acceptors (Lipinski definition) is 3. The Balaban J connectivity index is 0.000000213. The molecule has 0 amide bonds. The molecular weight excluding hydrogens is 929 g/mol. The molecule has 303 valence electrons. The molecule has 8 rings (SSSR count). The summed E-state index contributed by atoms with van der Waals surface area (Å²) in [6, 6.07) is 48.3. The van der Waals surface area contributed by atoms with Crippen molar-refractivity contribution in [1.29, 1.82) is 0 Å². The van der Waals surface area contributed by atoms with Crippen molar-refractivity contribution in [3.63, 3.8) is 0 Å². The Morgan fingerprint density at radius 3 is 2.00 bits per heavy atom. The third kappa shape index (κ3) is 10.1. The average Bonchev–Trinajstić information content (AvgIpc) is 3.62. The zero-order valence-electron chi connectivity index (χ0n) is 38.9. The molecule has 2 nitrogen and oxygen atoms in total. The maximum atomic E-state index is 8.75. The smallest absolute Gasteiger partial charge is 0.0799 e. The van der Waals surface area contributed by atoms with Crippen molar-refractivity contribution in [3.05, 3.63) is 163 Å². The fourth-order valence-corrected chi connectivity index (χ4v) is 10.5. The maximum absolute atomic E-state index is 8.75. The van der Waals surface area contributed by atoms with Gasteiger partial charge in [-0.25, -0.2) is 0 Å². The van der Waals surface area contributed by atoms with E-state index in [0.717, 1.165) is 38.3 Å². The van der Waals surface area contributed by atoms with Crippen LogP contribution >= 0.6 is 11.3 Å². The summed E-state index contributed by atoms with van der Waals surface area (Å²) in [6.45, 7) is 21.1. The van der Waals surface area contributed by atoms with Gasteiger partial charge < -0.3 is 9.97 Å². The molecule has 0 spiro atoms. The first-order chi connectivity index (χ1) is 28.8. The Bertz CT molecular complexity index is 2820. The minimum Gasteiger partial charge on any atom is -0.305 e. The standard InChI is InChI=1S/C31H30NS.C23H26NSi.Ir/c1-20(2)23-14-15-25-24-12-9-13-26(27-18-21(16-17-32-27)19-31(3,4)5)29(24)33-30(25)28(23)22-10-7-6-8-11-22;1-17(2)21-15-22(24-16-23(21)25(3,4)5)20-13-9-12-19(14-20)18-10-7-6-8-11-18;/h6-12,14-18,20H,19H2,1-5H3;6-12,14-17H,1-5H3;/q2*-1;/i19D2;17D;. The van der Waals surface area contributed by atoms with Crippen molar-refractivity contribution in [1.82, 2.24) is 9.97 Å². The van der Waals surface area contributed by atoms with Crippen LogP contribution in [0.2, 0.25) is 19.6 Å². The summed E-state index contributed by atoms with van der Waals surface area (Å²) in [6.07, 6.45) is 2.24. The van der Waals surface area contributed by atoms with Gasteiger partial charge in [-0.1, -0.05) is 170 Å². The molecule has 0 unspecified atom stereocenters. The number of aromatic nitrogens is 2. The van der Waals surface area contributed by atoms with Gasteiger partial charge in [-0.15, -0.1) is 59.2 Å². The number of thiophene rings is 1. The van der Waals surface area contributed by atoms with E-state index < -0.39 is 25.8 Å². The van der Waals surface area contributed by atoms with Crippen LogP contribution in [-0.2, 0) is 26.5 Å². The summed E-state index contributed by atoms with van der Waals surface area (Å²) >= 11 is 1.79. The second-order valence-electron chi connectivity index (χ2n) is 17.7. The van der Waals surface area contributed by atoms with Crippen LogP contribution in [-0.4, -0.2) is 18.0 Å². The van der Waals surface area contributed by atoms with Crippen LogP contribution < -0.4 is 5.19 Å². The van der Waals surface area contributed by atoms with Crippen LogP contribution in [0.15, 0.2) is 134 Å². The topological polar surface area (TPSA) is 25.8 Å². The molecule has 3 aromatic heterocycles. The molecule has 0 N–H and O–H groups in total. The quantitative estimate of drug-likeness (QED) is 0.112. The molecular formula is C54H56IrN2SSi-2. The molecule has 59 heavy (non-hydrogen) atoms. The fourth-order valence-electron chi connectivity index (χ4n) is 7.51. The molecule has 0 aliphatic rings. The molecule has 0 saturated heterocycles. The van der Waals surface area contributed by atoms with Crippen LogP contribution in [0.4, 0.5) is 0 Å². The van der Waals surface area contributed by atoms with Gasteiger partial charge in [0, 0.05) is 46.9 Å². The van der Waals surface area contributed by atoms with Crippen molar-refractivity contribution in [2.75, 3.05) is 0 Å². The normalized spacial score (nSPS) is 13.0. The van der Waals surface area contributed by atoms with Gasteiger partial charge in [0.05, 0.1) is 8.07 Å². The van der Waals surface area contributed by atoms with Gasteiger partial charge in [0.1, 0.15) is 0 Å². The second-order valence-corrected chi connectivity index (χ2v) is 23.7. The van der Waals surface area contributed by atoms with E-state index in [1.807, 2.05) is 77.2 Å². The molecule has 0 bridgehead atoms. The SMILES string of the molecule is [2H]C(C)(C)c1cc(-c2[c-]ccc(-c3ccccc3)c2)ncc1[Si](C)(C)C.[2H]C([2H])(c1ccnc(-c2[c-]ccc3c2sc2c(-c4ccccc4)c(C(C)C)ccc23)c1)C(C)(C)C.[Ir]. The number of nitrogens with zero attached hydrogens (tertiary/aromatic N) is 2. The zero-order valence-corrected chi connectivity index (χ0v) is 40.1. The molecule has 0 aliphatic carbocycles. The van der Waals surface area contributed by atoms with Crippen LogP contribution in [0.25, 0.3) is 64.9 Å². The molecule has 5 aromatic carbocycles. The molecule has 5 heteroatoms. The van der Waals surface area contributed by atoms with Crippen molar-refractivity contribution in [2.24, 2.45) is 5.41 Å². The van der Waals surface area contributed by atoms with Crippen LogP contribution in [0.1, 0.15) is 81.1 Å². The van der Waals surface area contributed by atoms with Crippen molar-refractivity contribution in [2.45, 2.75) is 86.3 Å². The van der Waals surface area contributed by atoms with E-state index in [1.54, 1.807) is 23.6 Å². The summed E-state index contributed by atoms with van der Waals surface area (Å²) < 4.78 is 28.5. The maximum Gasteiger partial charge on any atom is 0.0799 e. The number of fused-ring (bicyclic) bond motifs is 3. The molecule has 0 saturated carbocycles. The van der Waals surface area contributed by atoms with Gasteiger partial charge in [0.2, 0.25) is 0 Å². The Hall–Kier alpha value is -4.51. The number of benzene rings is 5. The molecule has 0 atom stereocenters. The van der Waals surface area contributed by atoms with Gasteiger partial charge in [0.25, 0.3) is 0 Å². The molecule has 3 heterocycles. The van der Waals surface area contributed by atoms with E-state index in [9.17, 15) is 0 Å². The van der Waals surface area contributed by atoms with Gasteiger partial charge in [-0.2, -0.15) is 11.3 Å². The third-order valence-electron chi connectivity index (χ3n) is 10.3. The summed E-state index contributed by atoms with van der Waals surface area (Å²) in [7, 11) is -1.57. The van der Waals surface area contributed by atoms with E-state index in [2.05, 4.69) is 129 Å². The summed E-state index contributed by atoms with van der Waals surface area (Å²) in [5.41, 5.74) is 11.0. The van der Waals surface area contributed by atoms with Gasteiger partial charge in [-0.3, -0.25) is 0 Å². The monoisotopic (exact) mass is 988 g/mol. The average molecular weight is 988 g/mol. The van der Waals surface area contributed by atoms with E-state index >= 15 is 0 Å². The predicted octanol–water partition coefficient (Wildman–Crippen LogP) is 15.2. The van der Waals surface area contributed by atoms with Crippen LogP contribution in [0, 0.1) is 17.5 Å². The Kier molecular flexibility index (Phi) is 12.5. The minimum absolute atomic E-state index is 0. The second kappa shape index (κ2) is 18.4. The van der Waals surface area contributed by atoms with E-state index in [-0.39, 0.29) is 20.1 Å².